The largest absolute Gasteiger partial charge is 0.377 e. The van der Waals surface area contributed by atoms with E-state index in [9.17, 15) is 4.79 Å². The summed E-state index contributed by atoms with van der Waals surface area (Å²) in [5.74, 6) is 0.727. The Morgan fingerprint density at radius 2 is 2.35 bits per heavy atom. The van der Waals surface area contributed by atoms with Gasteiger partial charge >= 0.3 is 0 Å². The van der Waals surface area contributed by atoms with Gasteiger partial charge in [-0.25, -0.2) is 0 Å². The number of ether oxygens (including phenoxy) is 1. The smallest absolute Gasteiger partial charge is 0.273 e. The molecule has 1 rings (SSSR count). The lowest BCUT2D eigenvalue weighted by Gasteiger charge is -2.21. The first-order chi connectivity index (χ1) is 7.98. The molecule has 1 aromatic rings. The highest BCUT2D eigenvalue weighted by molar-refractivity contribution is 6.18. The number of carbonyl (C=O) groups is 1. The standard InChI is InChI=1S/C11H17ClN2O3/c1-11(2,6-12)7-13-10(15)9-4-8(5-16-3)17-14-9/h4H,5-7H2,1-3H3,(H,13,15). The normalized spacial score (nSPS) is 11.5. The van der Waals surface area contributed by atoms with Crippen molar-refractivity contribution in [3.63, 3.8) is 0 Å². The van der Waals surface area contributed by atoms with Crippen LogP contribution in [0, 0.1) is 5.41 Å². The number of halogens is 1. The van der Waals surface area contributed by atoms with Crippen LogP contribution in [0.1, 0.15) is 30.1 Å². The minimum Gasteiger partial charge on any atom is -0.377 e. The average Bonchev–Trinajstić information content (AvgIpc) is 2.75. The van der Waals surface area contributed by atoms with Crippen molar-refractivity contribution in [1.82, 2.24) is 10.5 Å². The summed E-state index contributed by atoms with van der Waals surface area (Å²) in [5, 5.41) is 6.42. The van der Waals surface area contributed by atoms with Gasteiger partial charge in [0, 0.05) is 25.6 Å². The van der Waals surface area contributed by atoms with Crippen LogP contribution in [-0.2, 0) is 11.3 Å². The predicted molar refractivity (Wildman–Crippen MR) is 64.1 cm³/mol. The van der Waals surface area contributed by atoms with Gasteiger partial charge in [-0.1, -0.05) is 19.0 Å². The van der Waals surface area contributed by atoms with Crippen LogP contribution in [-0.4, -0.2) is 30.6 Å². The molecule has 0 aliphatic carbocycles. The molecule has 96 valence electrons. The Hall–Kier alpha value is -1.07. The summed E-state index contributed by atoms with van der Waals surface area (Å²) >= 11 is 5.77. The maximum atomic E-state index is 11.7. The lowest BCUT2D eigenvalue weighted by atomic mass is 9.96. The topological polar surface area (TPSA) is 64.4 Å². The maximum absolute atomic E-state index is 11.7. The Bertz CT molecular complexity index is 377. The van der Waals surface area contributed by atoms with Crippen molar-refractivity contribution in [3.05, 3.63) is 17.5 Å². The van der Waals surface area contributed by atoms with E-state index >= 15 is 0 Å². The zero-order chi connectivity index (χ0) is 12.9. The first kappa shape index (κ1) is 14.0. The Morgan fingerprint density at radius 1 is 1.65 bits per heavy atom. The molecule has 0 aromatic carbocycles. The molecule has 0 saturated carbocycles. The van der Waals surface area contributed by atoms with Gasteiger partial charge in [-0.3, -0.25) is 4.79 Å². The molecule has 1 N–H and O–H groups in total. The minimum atomic E-state index is -0.269. The zero-order valence-electron chi connectivity index (χ0n) is 10.2. The molecule has 0 unspecified atom stereocenters. The highest BCUT2D eigenvalue weighted by Crippen LogP contribution is 2.15. The van der Waals surface area contributed by atoms with Crippen molar-refractivity contribution in [2.45, 2.75) is 20.5 Å². The molecular weight excluding hydrogens is 244 g/mol. The fraction of sp³-hybridized carbons (Fsp3) is 0.636. The fourth-order valence-electron chi connectivity index (χ4n) is 1.09. The number of methoxy groups -OCH3 is 1. The van der Waals surface area contributed by atoms with Gasteiger partial charge in [-0.15, -0.1) is 11.6 Å². The van der Waals surface area contributed by atoms with E-state index in [1.807, 2.05) is 13.8 Å². The second-order valence-electron chi connectivity index (χ2n) is 4.59. The molecule has 1 amide bonds. The molecule has 0 spiro atoms. The monoisotopic (exact) mass is 260 g/mol. The van der Waals surface area contributed by atoms with E-state index < -0.39 is 0 Å². The molecule has 0 atom stereocenters. The van der Waals surface area contributed by atoms with Gasteiger partial charge in [0.2, 0.25) is 0 Å². The molecule has 0 saturated heterocycles. The molecule has 17 heavy (non-hydrogen) atoms. The van der Waals surface area contributed by atoms with Crippen LogP contribution in [0.5, 0.6) is 0 Å². The van der Waals surface area contributed by atoms with Gasteiger partial charge in [0.15, 0.2) is 11.5 Å². The van der Waals surface area contributed by atoms with Crippen LogP contribution in [0.2, 0.25) is 0 Å². The Morgan fingerprint density at radius 3 is 2.94 bits per heavy atom. The number of rotatable bonds is 6. The minimum absolute atomic E-state index is 0.143. The van der Waals surface area contributed by atoms with E-state index in [4.69, 9.17) is 20.9 Å². The van der Waals surface area contributed by atoms with E-state index in [2.05, 4.69) is 10.5 Å². The number of amides is 1. The van der Waals surface area contributed by atoms with Crippen molar-refractivity contribution in [2.24, 2.45) is 5.41 Å². The van der Waals surface area contributed by atoms with Crippen molar-refractivity contribution in [1.29, 1.82) is 0 Å². The average molecular weight is 261 g/mol. The zero-order valence-corrected chi connectivity index (χ0v) is 11.0. The first-order valence-electron chi connectivity index (χ1n) is 5.27. The SMILES string of the molecule is COCc1cc(C(=O)NCC(C)(C)CCl)no1. The summed E-state index contributed by atoms with van der Waals surface area (Å²) in [4.78, 5) is 11.7. The number of nitrogens with one attached hydrogen (secondary N) is 1. The summed E-state index contributed by atoms with van der Waals surface area (Å²) in [6.45, 7) is 4.73. The first-order valence-corrected chi connectivity index (χ1v) is 5.80. The summed E-state index contributed by atoms with van der Waals surface area (Å²) in [6, 6.07) is 1.56. The molecule has 5 nitrogen and oxygen atoms in total. The van der Waals surface area contributed by atoms with Gasteiger partial charge in [0.05, 0.1) is 0 Å². The van der Waals surface area contributed by atoms with Crippen molar-refractivity contribution in [2.75, 3.05) is 19.5 Å². The molecule has 1 aromatic heterocycles. The predicted octanol–water partition coefficient (Wildman–Crippen LogP) is 1.82. The number of hydrogen-bond donors (Lipinski definition) is 1. The maximum Gasteiger partial charge on any atom is 0.273 e. The highest BCUT2D eigenvalue weighted by atomic mass is 35.5. The second kappa shape index (κ2) is 6.02. The second-order valence-corrected chi connectivity index (χ2v) is 4.86. The number of hydrogen-bond acceptors (Lipinski definition) is 4. The summed E-state index contributed by atoms with van der Waals surface area (Å²) in [6.07, 6.45) is 0. The van der Waals surface area contributed by atoms with E-state index in [1.54, 1.807) is 13.2 Å². The summed E-state index contributed by atoms with van der Waals surface area (Å²) < 4.78 is 9.79. The van der Waals surface area contributed by atoms with Gasteiger partial charge in [-0.2, -0.15) is 0 Å². The van der Waals surface area contributed by atoms with E-state index in [-0.39, 0.29) is 17.0 Å². The third-order valence-electron chi connectivity index (χ3n) is 2.17. The molecule has 0 bridgehead atoms. The fourth-order valence-corrected chi connectivity index (χ4v) is 1.18. The van der Waals surface area contributed by atoms with Crippen LogP contribution in [0.3, 0.4) is 0 Å². The van der Waals surface area contributed by atoms with Gasteiger partial charge in [0.1, 0.15) is 6.61 Å². The molecular formula is C11H17ClN2O3. The summed E-state index contributed by atoms with van der Waals surface area (Å²) in [5.41, 5.74) is 0.110. The Kier molecular flexibility index (Phi) is 4.96. The highest BCUT2D eigenvalue weighted by Gasteiger charge is 2.19. The van der Waals surface area contributed by atoms with Crippen LogP contribution >= 0.6 is 11.6 Å². The Balaban J connectivity index is 2.52. The van der Waals surface area contributed by atoms with Crippen LogP contribution in [0.15, 0.2) is 10.6 Å². The van der Waals surface area contributed by atoms with Crippen LogP contribution < -0.4 is 5.32 Å². The van der Waals surface area contributed by atoms with Crippen LogP contribution in [0.4, 0.5) is 0 Å². The van der Waals surface area contributed by atoms with Crippen molar-refractivity contribution in [3.8, 4) is 0 Å². The number of carbonyl (C=O) groups excluding carboxylic acids is 1. The lowest BCUT2D eigenvalue weighted by molar-refractivity contribution is 0.0930. The van der Waals surface area contributed by atoms with Crippen molar-refractivity contribution >= 4 is 17.5 Å². The number of alkyl halides is 1. The van der Waals surface area contributed by atoms with Gasteiger partial charge in [0.25, 0.3) is 5.91 Å². The van der Waals surface area contributed by atoms with E-state index in [0.717, 1.165) is 0 Å². The summed E-state index contributed by atoms with van der Waals surface area (Å²) in [7, 11) is 1.55. The molecule has 0 aliphatic heterocycles. The van der Waals surface area contributed by atoms with Crippen LogP contribution in [0.25, 0.3) is 0 Å². The van der Waals surface area contributed by atoms with Gasteiger partial charge in [-0.05, 0) is 5.41 Å². The lowest BCUT2D eigenvalue weighted by Crippen LogP contribution is -2.35. The molecule has 0 fully saturated rings. The molecule has 1 heterocycles. The van der Waals surface area contributed by atoms with E-state index in [0.29, 0.717) is 24.8 Å². The Labute approximate surface area is 105 Å². The number of aromatic nitrogens is 1. The third-order valence-corrected chi connectivity index (χ3v) is 2.89. The van der Waals surface area contributed by atoms with E-state index in [1.165, 1.54) is 0 Å². The third kappa shape index (κ3) is 4.36. The quantitative estimate of drug-likeness (QED) is 0.793. The van der Waals surface area contributed by atoms with Gasteiger partial charge < -0.3 is 14.6 Å². The number of nitrogens with zero attached hydrogens (tertiary/aromatic N) is 1. The molecule has 0 radical (unpaired) electrons. The molecule has 0 aliphatic rings. The van der Waals surface area contributed by atoms with Crippen molar-refractivity contribution < 1.29 is 14.1 Å². The molecule has 6 heteroatoms.